The van der Waals surface area contributed by atoms with Crippen LogP contribution in [0.2, 0.25) is 0 Å². The first-order valence-corrected chi connectivity index (χ1v) is 12.9. The van der Waals surface area contributed by atoms with Crippen LogP contribution in [0.4, 0.5) is 0 Å². The number of carbonyl (C=O) groups is 1. The number of hydrogen-bond acceptors (Lipinski definition) is 7. The lowest BCUT2D eigenvalue weighted by Crippen LogP contribution is -2.14. The number of aromatic nitrogens is 3. The molecule has 7 nitrogen and oxygen atoms in total. The highest BCUT2D eigenvalue weighted by Crippen LogP contribution is 2.30. The quantitative estimate of drug-likeness (QED) is 0.404. The number of Topliss-reactive ketones (excluding diaryl/α,β-unsaturated/α-hetero) is 1. The van der Waals surface area contributed by atoms with E-state index in [9.17, 15) is 13.2 Å². The van der Waals surface area contributed by atoms with Crippen LogP contribution in [0.1, 0.15) is 45.3 Å². The first-order valence-electron chi connectivity index (χ1n) is 10.1. The average Bonchev–Trinajstić information content (AvgIpc) is 3.39. The normalized spacial score (nSPS) is 17.9. The highest BCUT2D eigenvalue weighted by molar-refractivity contribution is 7.99. The van der Waals surface area contributed by atoms with Crippen LogP contribution in [0.5, 0.6) is 0 Å². The summed E-state index contributed by atoms with van der Waals surface area (Å²) >= 11 is 1.21. The van der Waals surface area contributed by atoms with Gasteiger partial charge in [-0.1, -0.05) is 17.8 Å². The van der Waals surface area contributed by atoms with Crippen LogP contribution >= 0.6 is 11.8 Å². The second-order valence-electron chi connectivity index (χ2n) is 8.10. The Morgan fingerprint density at radius 2 is 1.94 bits per heavy atom. The molecule has 9 heteroatoms. The van der Waals surface area contributed by atoms with Crippen molar-refractivity contribution in [3.63, 3.8) is 0 Å². The van der Waals surface area contributed by atoms with Gasteiger partial charge in [-0.25, -0.2) is 8.42 Å². The number of carbonyl (C=O) groups excluding carboxylic acids is 1. The van der Waals surface area contributed by atoms with Gasteiger partial charge in [0.1, 0.15) is 0 Å². The van der Waals surface area contributed by atoms with Gasteiger partial charge in [0, 0.05) is 28.6 Å². The largest absolute Gasteiger partial charge is 0.411 e. The Morgan fingerprint density at radius 1 is 1.16 bits per heavy atom. The topological polar surface area (TPSA) is 95.1 Å². The van der Waals surface area contributed by atoms with Crippen molar-refractivity contribution in [2.75, 3.05) is 17.3 Å². The maximum Gasteiger partial charge on any atom is 0.277 e. The van der Waals surface area contributed by atoms with Crippen LogP contribution in [0.3, 0.4) is 0 Å². The van der Waals surface area contributed by atoms with Crippen molar-refractivity contribution in [1.29, 1.82) is 0 Å². The summed E-state index contributed by atoms with van der Waals surface area (Å²) in [6.45, 7) is 7.86. The molecule has 0 bridgehead atoms. The molecule has 1 aliphatic rings. The van der Waals surface area contributed by atoms with Crippen molar-refractivity contribution < 1.29 is 17.6 Å². The van der Waals surface area contributed by atoms with Gasteiger partial charge in [-0.05, 0) is 63.4 Å². The molecule has 31 heavy (non-hydrogen) atoms. The maximum atomic E-state index is 12.9. The maximum absolute atomic E-state index is 12.9. The van der Waals surface area contributed by atoms with E-state index in [1.807, 2.05) is 56.5 Å². The van der Waals surface area contributed by atoms with Crippen LogP contribution in [0, 0.1) is 27.7 Å². The number of sulfone groups is 1. The van der Waals surface area contributed by atoms with Gasteiger partial charge >= 0.3 is 0 Å². The van der Waals surface area contributed by atoms with E-state index in [2.05, 4.69) is 10.2 Å². The standard InChI is InChI=1S/C22H25N3O4S2/c1-13-5-6-17(9-14(13)2)21-23-24-22(29-21)30-11-20(26)19-10-15(3)25(16(19)4)18-7-8-31(27,28)12-18/h5-6,9-10,18H,7-8,11-12H2,1-4H3. The van der Waals surface area contributed by atoms with E-state index in [0.29, 0.717) is 23.1 Å². The number of nitrogens with zero attached hydrogens (tertiary/aromatic N) is 3. The molecule has 3 aromatic rings. The molecule has 3 heterocycles. The van der Waals surface area contributed by atoms with Crippen LogP contribution in [-0.2, 0) is 9.84 Å². The Morgan fingerprint density at radius 3 is 2.61 bits per heavy atom. The molecule has 164 valence electrons. The first-order chi connectivity index (χ1) is 14.6. The van der Waals surface area contributed by atoms with Gasteiger partial charge in [-0.2, -0.15) is 0 Å². The number of ketones is 1. The Labute approximate surface area is 186 Å². The molecule has 1 unspecified atom stereocenters. The van der Waals surface area contributed by atoms with Crippen molar-refractivity contribution in [2.45, 2.75) is 45.4 Å². The molecular weight excluding hydrogens is 434 g/mol. The molecular formula is C22H25N3O4S2. The minimum Gasteiger partial charge on any atom is -0.411 e. The summed E-state index contributed by atoms with van der Waals surface area (Å²) in [6.07, 6.45) is 0.588. The van der Waals surface area contributed by atoms with Gasteiger partial charge < -0.3 is 8.98 Å². The average molecular weight is 460 g/mol. The van der Waals surface area contributed by atoms with Gasteiger partial charge in [-0.3, -0.25) is 4.79 Å². The molecule has 4 rings (SSSR count). The third-order valence-corrected chi connectivity index (χ3v) is 8.41. The van der Waals surface area contributed by atoms with Crippen LogP contribution < -0.4 is 0 Å². The van der Waals surface area contributed by atoms with Crippen LogP contribution in [0.25, 0.3) is 11.5 Å². The predicted octanol–water partition coefficient (Wildman–Crippen LogP) is 4.11. The van der Waals surface area contributed by atoms with E-state index >= 15 is 0 Å². The fourth-order valence-electron chi connectivity index (χ4n) is 4.06. The van der Waals surface area contributed by atoms with Crippen LogP contribution in [0.15, 0.2) is 33.9 Å². The summed E-state index contributed by atoms with van der Waals surface area (Å²) in [5, 5.41) is 8.50. The molecule has 1 saturated heterocycles. The highest BCUT2D eigenvalue weighted by atomic mass is 32.2. The number of aryl methyl sites for hydroxylation is 3. The van der Waals surface area contributed by atoms with E-state index in [0.717, 1.165) is 22.5 Å². The zero-order valence-corrected chi connectivity index (χ0v) is 19.6. The van der Waals surface area contributed by atoms with Crippen molar-refractivity contribution in [2.24, 2.45) is 0 Å². The molecule has 1 fully saturated rings. The summed E-state index contributed by atoms with van der Waals surface area (Å²) in [5.41, 5.74) is 5.52. The number of rotatable bonds is 6. The van der Waals surface area contributed by atoms with Gasteiger partial charge in [0.25, 0.3) is 5.22 Å². The van der Waals surface area contributed by atoms with Crippen molar-refractivity contribution in [3.05, 3.63) is 52.3 Å². The minimum absolute atomic E-state index is 0.0452. The molecule has 2 aromatic heterocycles. The second kappa shape index (κ2) is 8.27. The molecule has 0 aliphatic carbocycles. The molecule has 0 N–H and O–H groups in total. The lowest BCUT2D eigenvalue weighted by atomic mass is 10.1. The summed E-state index contributed by atoms with van der Waals surface area (Å²) < 4.78 is 31.5. The number of hydrogen-bond donors (Lipinski definition) is 0. The van der Waals surface area contributed by atoms with Crippen molar-refractivity contribution >= 4 is 27.4 Å². The lowest BCUT2D eigenvalue weighted by molar-refractivity contribution is 0.102. The Hall–Kier alpha value is -2.39. The summed E-state index contributed by atoms with van der Waals surface area (Å²) in [4.78, 5) is 12.9. The summed E-state index contributed by atoms with van der Waals surface area (Å²) in [5.74, 6) is 0.889. The lowest BCUT2D eigenvalue weighted by Gasteiger charge is -2.16. The molecule has 1 atom stereocenters. The van der Waals surface area contributed by atoms with E-state index in [4.69, 9.17) is 4.42 Å². The molecule has 1 aliphatic heterocycles. The third kappa shape index (κ3) is 4.48. The summed E-state index contributed by atoms with van der Waals surface area (Å²) in [6, 6.07) is 7.69. The minimum atomic E-state index is -3.00. The molecule has 1 aromatic carbocycles. The van der Waals surface area contributed by atoms with Gasteiger partial charge in [0.15, 0.2) is 15.6 Å². The summed E-state index contributed by atoms with van der Waals surface area (Å²) in [7, 11) is -3.00. The smallest absolute Gasteiger partial charge is 0.277 e. The number of benzene rings is 1. The zero-order valence-electron chi connectivity index (χ0n) is 18.0. The second-order valence-corrected chi connectivity index (χ2v) is 11.3. The number of thioether (sulfide) groups is 1. The van der Waals surface area contributed by atoms with E-state index in [-0.39, 0.29) is 29.1 Å². The van der Waals surface area contributed by atoms with E-state index in [1.165, 1.54) is 17.3 Å². The monoisotopic (exact) mass is 459 g/mol. The Kier molecular flexibility index (Phi) is 5.83. The zero-order chi connectivity index (χ0) is 22.3. The molecule has 0 saturated carbocycles. The molecule has 0 radical (unpaired) electrons. The fourth-order valence-corrected chi connectivity index (χ4v) is 6.41. The van der Waals surface area contributed by atoms with Crippen molar-refractivity contribution in [3.8, 4) is 11.5 Å². The predicted molar refractivity (Wildman–Crippen MR) is 120 cm³/mol. The highest BCUT2D eigenvalue weighted by Gasteiger charge is 2.31. The fraction of sp³-hybridized carbons (Fsp3) is 0.409. The van der Waals surface area contributed by atoms with E-state index in [1.54, 1.807) is 0 Å². The van der Waals surface area contributed by atoms with Gasteiger partial charge in [-0.15, -0.1) is 10.2 Å². The van der Waals surface area contributed by atoms with Gasteiger partial charge in [0.2, 0.25) is 5.89 Å². The Balaban J connectivity index is 1.46. The van der Waals surface area contributed by atoms with Crippen LogP contribution in [-0.4, -0.2) is 46.2 Å². The van der Waals surface area contributed by atoms with Crippen molar-refractivity contribution in [1.82, 2.24) is 14.8 Å². The van der Waals surface area contributed by atoms with Gasteiger partial charge in [0.05, 0.1) is 17.3 Å². The first kappa shape index (κ1) is 21.8. The molecule has 0 spiro atoms. The molecule has 0 amide bonds. The van der Waals surface area contributed by atoms with E-state index < -0.39 is 9.84 Å². The SMILES string of the molecule is Cc1ccc(-c2nnc(SCC(=O)c3cc(C)n(C4CCS(=O)(=O)C4)c3C)o2)cc1C. The third-order valence-electron chi connectivity index (χ3n) is 5.85. The Bertz CT molecular complexity index is 1260.